The highest BCUT2D eigenvalue weighted by atomic mass is 32.1. The van der Waals surface area contributed by atoms with Gasteiger partial charge in [-0.3, -0.25) is 5.43 Å². The zero-order chi connectivity index (χ0) is 9.68. The molecule has 1 aliphatic rings. The SMILES string of the molecule is CNC(=O)NNC(=S)N1CCCC1. The summed E-state index contributed by atoms with van der Waals surface area (Å²) in [7, 11) is 1.55. The Morgan fingerprint density at radius 2 is 1.92 bits per heavy atom. The molecule has 2 amide bonds. The number of carbonyl (C=O) groups excluding carboxylic acids is 1. The third kappa shape index (κ3) is 3.06. The summed E-state index contributed by atoms with van der Waals surface area (Å²) in [6.45, 7) is 1.95. The summed E-state index contributed by atoms with van der Waals surface area (Å²) in [6.07, 6.45) is 2.34. The zero-order valence-corrected chi connectivity index (χ0v) is 8.41. The lowest BCUT2D eigenvalue weighted by Crippen LogP contribution is -2.50. The molecule has 0 radical (unpaired) electrons. The van der Waals surface area contributed by atoms with Crippen LogP contribution in [0, 0.1) is 0 Å². The molecule has 0 aliphatic carbocycles. The Morgan fingerprint density at radius 1 is 1.31 bits per heavy atom. The van der Waals surface area contributed by atoms with Crippen molar-refractivity contribution in [2.45, 2.75) is 12.8 Å². The molecule has 0 spiro atoms. The normalized spacial score (nSPS) is 15.3. The van der Waals surface area contributed by atoms with Gasteiger partial charge in [0.05, 0.1) is 0 Å². The standard InChI is InChI=1S/C7H14N4OS/c1-8-6(12)9-10-7(13)11-4-2-3-5-11/h2-5H2,1H3,(H,10,13)(H2,8,9,12). The smallest absolute Gasteiger partial charge is 0.333 e. The molecule has 1 saturated heterocycles. The Bertz CT molecular complexity index is 203. The Kier molecular flexibility index (Phi) is 3.75. The molecule has 0 saturated carbocycles. The van der Waals surface area contributed by atoms with Gasteiger partial charge in [-0.2, -0.15) is 0 Å². The van der Waals surface area contributed by atoms with E-state index in [2.05, 4.69) is 16.2 Å². The molecule has 0 aromatic heterocycles. The zero-order valence-electron chi connectivity index (χ0n) is 7.59. The van der Waals surface area contributed by atoms with E-state index in [-0.39, 0.29) is 6.03 Å². The third-order valence-corrected chi connectivity index (χ3v) is 2.26. The molecule has 1 fully saturated rings. The van der Waals surface area contributed by atoms with E-state index >= 15 is 0 Å². The quantitative estimate of drug-likeness (QED) is 0.376. The van der Waals surface area contributed by atoms with Crippen LogP contribution in [0.5, 0.6) is 0 Å². The van der Waals surface area contributed by atoms with Crippen molar-refractivity contribution in [2.75, 3.05) is 20.1 Å². The molecule has 1 heterocycles. The van der Waals surface area contributed by atoms with Gasteiger partial charge in [0.1, 0.15) is 0 Å². The van der Waals surface area contributed by atoms with Crippen LogP contribution in [0.4, 0.5) is 4.79 Å². The number of rotatable bonds is 0. The first-order valence-corrected chi connectivity index (χ1v) is 4.67. The topological polar surface area (TPSA) is 56.4 Å². The summed E-state index contributed by atoms with van der Waals surface area (Å²) in [4.78, 5) is 12.8. The van der Waals surface area contributed by atoms with Crippen LogP contribution in [-0.2, 0) is 0 Å². The second-order valence-corrected chi connectivity index (χ2v) is 3.22. The Labute approximate surface area is 82.8 Å². The lowest BCUT2D eigenvalue weighted by Gasteiger charge is -2.19. The molecular weight excluding hydrogens is 188 g/mol. The minimum Gasteiger partial charge on any atom is -0.348 e. The summed E-state index contributed by atoms with van der Waals surface area (Å²) >= 11 is 5.05. The van der Waals surface area contributed by atoms with E-state index in [9.17, 15) is 4.79 Å². The fourth-order valence-corrected chi connectivity index (χ4v) is 1.41. The molecule has 0 aromatic rings. The summed E-state index contributed by atoms with van der Waals surface area (Å²) in [5.74, 6) is 0. The highest BCUT2D eigenvalue weighted by molar-refractivity contribution is 7.80. The van der Waals surface area contributed by atoms with E-state index in [1.165, 1.54) is 12.8 Å². The first-order valence-electron chi connectivity index (χ1n) is 4.26. The predicted molar refractivity (Wildman–Crippen MR) is 54.1 cm³/mol. The molecule has 5 nitrogen and oxygen atoms in total. The van der Waals surface area contributed by atoms with Gasteiger partial charge in [-0.15, -0.1) is 0 Å². The number of urea groups is 1. The molecular formula is C7H14N4OS. The highest BCUT2D eigenvalue weighted by Crippen LogP contribution is 2.06. The maximum Gasteiger partial charge on any atom is 0.333 e. The minimum atomic E-state index is -0.290. The Morgan fingerprint density at radius 3 is 2.46 bits per heavy atom. The Hall–Kier alpha value is -1.04. The fourth-order valence-electron chi connectivity index (χ4n) is 1.17. The minimum absolute atomic E-state index is 0.290. The maximum atomic E-state index is 10.8. The average Bonchev–Trinajstić information content (AvgIpc) is 2.66. The van der Waals surface area contributed by atoms with Gasteiger partial charge >= 0.3 is 6.03 Å². The second-order valence-electron chi connectivity index (χ2n) is 2.83. The number of nitrogens with zero attached hydrogens (tertiary/aromatic N) is 1. The van der Waals surface area contributed by atoms with Crippen molar-refractivity contribution in [2.24, 2.45) is 0 Å². The van der Waals surface area contributed by atoms with Crippen LogP contribution in [-0.4, -0.2) is 36.2 Å². The molecule has 1 aliphatic heterocycles. The summed E-state index contributed by atoms with van der Waals surface area (Å²) in [6, 6.07) is -0.290. The van der Waals surface area contributed by atoms with Crippen LogP contribution in [0.1, 0.15) is 12.8 Å². The van der Waals surface area contributed by atoms with Gasteiger partial charge in [0, 0.05) is 20.1 Å². The van der Waals surface area contributed by atoms with Gasteiger partial charge < -0.3 is 10.2 Å². The average molecular weight is 202 g/mol. The highest BCUT2D eigenvalue weighted by Gasteiger charge is 2.14. The van der Waals surface area contributed by atoms with E-state index in [1.54, 1.807) is 7.05 Å². The number of amides is 2. The number of likely N-dealkylation sites (tertiary alicyclic amines) is 1. The van der Waals surface area contributed by atoms with E-state index in [4.69, 9.17) is 12.2 Å². The number of thiocarbonyl (C=S) groups is 1. The monoisotopic (exact) mass is 202 g/mol. The molecule has 0 atom stereocenters. The summed E-state index contributed by atoms with van der Waals surface area (Å²) < 4.78 is 0. The van der Waals surface area contributed by atoms with Crippen LogP contribution in [0.2, 0.25) is 0 Å². The molecule has 0 bridgehead atoms. The van der Waals surface area contributed by atoms with E-state index < -0.39 is 0 Å². The number of hydrogen-bond acceptors (Lipinski definition) is 2. The summed E-state index contributed by atoms with van der Waals surface area (Å²) in [5, 5.41) is 3.00. The van der Waals surface area contributed by atoms with Crippen LogP contribution in [0.15, 0.2) is 0 Å². The third-order valence-electron chi connectivity index (χ3n) is 1.90. The van der Waals surface area contributed by atoms with Gasteiger partial charge in [0.2, 0.25) is 0 Å². The van der Waals surface area contributed by atoms with Crippen LogP contribution in [0.25, 0.3) is 0 Å². The lowest BCUT2D eigenvalue weighted by atomic mass is 10.4. The Balaban J connectivity index is 2.20. The first kappa shape index (κ1) is 10.0. The van der Waals surface area contributed by atoms with Crippen molar-refractivity contribution < 1.29 is 4.79 Å². The van der Waals surface area contributed by atoms with E-state index in [1.807, 2.05) is 4.90 Å². The van der Waals surface area contributed by atoms with E-state index in [0.29, 0.717) is 5.11 Å². The number of carbonyl (C=O) groups is 1. The van der Waals surface area contributed by atoms with Crippen molar-refractivity contribution in [3.8, 4) is 0 Å². The maximum absolute atomic E-state index is 10.8. The van der Waals surface area contributed by atoms with Gasteiger partial charge in [-0.25, -0.2) is 10.2 Å². The predicted octanol–water partition coefficient (Wildman–Crippen LogP) is -0.199. The largest absolute Gasteiger partial charge is 0.348 e. The number of hydrogen-bond donors (Lipinski definition) is 3. The van der Waals surface area contributed by atoms with E-state index in [0.717, 1.165) is 13.1 Å². The molecule has 74 valence electrons. The molecule has 1 rings (SSSR count). The van der Waals surface area contributed by atoms with Crippen LogP contribution >= 0.6 is 12.2 Å². The number of nitrogens with one attached hydrogen (secondary N) is 3. The molecule has 6 heteroatoms. The molecule has 0 unspecified atom stereocenters. The first-order chi connectivity index (χ1) is 6.24. The molecule has 3 N–H and O–H groups in total. The molecule has 0 aromatic carbocycles. The van der Waals surface area contributed by atoms with Crippen molar-refractivity contribution >= 4 is 23.4 Å². The van der Waals surface area contributed by atoms with Gasteiger partial charge in [-0.05, 0) is 25.1 Å². The number of hydrazine groups is 1. The van der Waals surface area contributed by atoms with Crippen molar-refractivity contribution in [1.29, 1.82) is 0 Å². The van der Waals surface area contributed by atoms with Gasteiger partial charge in [0.25, 0.3) is 0 Å². The fraction of sp³-hybridized carbons (Fsp3) is 0.714. The van der Waals surface area contributed by atoms with Crippen LogP contribution < -0.4 is 16.2 Å². The van der Waals surface area contributed by atoms with Crippen LogP contribution in [0.3, 0.4) is 0 Å². The van der Waals surface area contributed by atoms with Crippen molar-refractivity contribution in [1.82, 2.24) is 21.1 Å². The molecule has 13 heavy (non-hydrogen) atoms. The lowest BCUT2D eigenvalue weighted by molar-refractivity contribution is 0.240. The van der Waals surface area contributed by atoms with Crippen molar-refractivity contribution in [3.63, 3.8) is 0 Å². The van der Waals surface area contributed by atoms with Gasteiger partial charge in [0.15, 0.2) is 5.11 Å². The van der Waals surface area contributed by atoms with Gasteiger partial charge in [-0.1, -0.05) is 0 Å². The second kappa shape index (κ2) is 4.86. The van der Waals surface area contributed by atoms with Crippen molar-refractivity contribution in [3.05, 3.63) is 0 Å². The summed E-state index contributed by atoms with van der Waals surface area (Å²) in [5.41, 5.74) is 5.10.